The minimum atomic E-state index is -3.22. The molecule has 2 aromatic carbocycles. The van der Waals surface area contributed by atoms with Gasteiger partial charge in [0.15, 0.2) is 6.10 Å². The molecule has 2 saturated heterocycles. The van der Waals surface area contributed by atoms with Crippen LogP contribution in [0.5, 0.6) is 5.88 Å². The number of H-pyrrole nitrogens is 1. The predicted molar refractivity (Wildman–Crippen MR) is 147 cm³/mol. The highest BCUT2D eigenvalue weighted by Crippen LogP contribution is 2.38. The summed E-state index contributed by atoms with van der Waals surface area (Å²) in [4.78, 5) is 3.17. The first-order valence-electron chi connectivity index (χ1n) is 12.8. The highest BCUT2D eigenvalue weighted by atomic mass is 35.5. The van der Waals surface area contributed by atoms with E-state index in [1.165, 1.54) is 11.8 Å². The average molecular weight is 570 g/mol. The SMILES string of the molecule is CS(=O)(=O)NC1CC=C(c2ccc(-c3cc4c(C#N)c(O[C@@H]5CO[C@H]6[C@@H]5OC[C@H]6O)[nH]c4cc3Cl)cc2)CC1. The number of nitrogens with zero attached hydrogens (tertiary/aromatic N) is 1. The van der Waals surface area contributed by atoms with E-state index in [9.17, 15) is 18.8 Å². The number of aromatic amines is 1. The molecule has 204 valence electrons. The Labute approximate surface area is 231 Å². The molecular formula is C28H28ClN3O6S. The first-order chi connectivity index (χ1) is 18.7. The lowest BCUT2D eigenvalue weighted by Gasteiger charge is -2.22. The van der Waals surface area contributed by atoms with Crippen LogP contribution in [0.2, 0.25) is 5.02 Å². The van der Waals surface area contributed by atoms with Crippen LogP contribution in [0.4, 0.5) is 0 Å². The van der Waals surface area contributed by atoms with E-state index in [0.717, 1.165) is 29.5 Å². The van der Waals surface area contributed by atoms with Gasteiger partial charge in [-0.2, -0.15) is 5.26 Å². The van der Waals surface area contributed by atoms with Gasteiger partial charge in [0.1, 0.15) is 29.9 Å². The molecule has 11 heteroatoms. The molecule has 1 unspecified atom stereocenters. The van der Waals surface area contributed by atoms with E-state index in [1.54, 1.807) is 6.07 Å². The van der Waals surface area contributed by atoms with Crippen LogP contribution in [0.25, 0.3) is 27.6 Å². The smallest absolute Gasteiger partial charge is 0.210 e. The molecule has 0 bridgehead atoms. The number of allylic oxidation sites excluding steroid dienone is 1. The molecule has 0 spiro atoms. The van der Waals surface area contributed by atoms with Crippen molar-refractivity contribution in [1.29, 1.82) is 5.26 Å². The van der Waals surface area contributed by atoms with E-state index in [-0.39, 0.29) is 19.3 Å². The molecule has 1 aliphatic carbocycles. The maximum atomic E-state index is 11.5. The van der Waals surface area contributed by atoms with Gasteiger partial charge in [-0.25, -0.2) is 13.1 Å². The number of hydrogen-bond donors (Lipinski definition) is 3. The maximum Gasteiger partial charge on any atom is 0.210 e. The van der Waals surface area contributed by atoms with Crippen molar-refractivity contribution in [1.82, 2.24) is 9.71 Å². The molecule has 0 amide bonds. The van der Waals surface area contributed by atoms with Gasteiger partial charge in [-0.15, -0.1) is 0 Å². The lowest BCUT2D eigenvalue weighted by atomic mass is 9.90. The molecule has 3 heterocycles. The first kappa shape index (κ1) is 26.3. The van der Waals surface area contributed by atoms with Gasteiger partial charge in [0, 0.05) is 17.0 Å². The summed E-state index contributed by atoms with van der Waals surface area (Å²) in [7, 11) is -3.22. The molecule has 2 fully saturated rings. The summed E-state index contributed by atoms with van der Waals surface area (Å²) >= 11 is 6.68. The van der Waals surface area contributed by atoms with E-state index in [1.807, 2.05) is 30.3 Å². The van der Waals surface area contributed by atoms with E-state index in [2.05, 4.69) is 21.9 Å². The van der Waals surface area contributed by atoms with Gasteiger partial charge in [0.2, 0.25) is 15.9 Å². The number of halogens is 1. The fourth-order valence-electron chi connectivity index (χ4n) is 5.68. The van der Waals surface area contributed by atoms with Gasteiger partial charge in [0.25, 0.3) is 0 Å². The fraction of sp³-hybridized carbons (Fsp3) is 0.393. The van der Waals surface area contributed by atoms with E-state index >= 15 is 0 Å². The van der Waals surface area contributed by atoms with E-state index < -0.39 is 34.4 Å². The second-order valence-corrected chi connectivity index (χ2v) is 12.5. The zero-order valence-corrected chi connectivity index (χ0v) is 22.8. The highest BCUT2D eigenvalue weighted by Gasteiger charge is 2.48. The highest BCUT2D eigenvalue weighted by molar-refractivity contribution is 7.88. The van der Waals surface area contributed by atoms with Gasteiger partial charge >= 0.3 is 0 Å². The van der Waals surface area contributed by atoms with Crippen molar-refractivity contribution in [3.8, 4) is 23.1 Å². The Kier molecular flexibility index (Phi) is 6.91. The third-order valence-electron chi connectivity index (χ3n) is 7.57. The summed E-state index contributed by atoms with van der Waals surface area (Å²) in [5.74, 6) is 0.322. The van der Waals surface area contributed by atoms with Crippen LogP contribution >= 0.6 is 11.6 Å². The number of nitriles is 1. The monoisotopic (exact) mass is 569 g/mol. The third-order valence-corrected chi connectivity index (χ3v) is 8.65. The standard InChI is InChI=1S/C28H28ClN3O6S/c1-39(34,35)32-18-8-6-16(7-9-18)15-2-4-17(5-3-15)19-10-20-21(12-30)28(31-23(20)11-22(19)29)38-25-14-37-26-24(33)13-36-27(25)26/h2-6,10-11,18,24-27,31-33H,7-9,13-14H2,1H3/t18?,24-,25-,26-,27-/m1/s1. The van der Waals surface area contributed by atoms with Crippen LogP contribution in [0.1, 0.15) is 30.4 Å². The van der Waals surface area contributed by atoms with Crippen molar-refractivity contribution in [2.45, 2.75) is 49.7 Å². The third kappa shape index (κ3) is 5.18. The number of sulfonamides is 1. The molecule has 0 radical (unpaired) electrons. The minimum absolute atomic E-state index is 0.0713. The van der Waals surface area contributed by atoms with Gasteiger partial charge in [-0.05, 0) is 48.1 Å². The number of fused-ring (bicyclic) bond motifs is 2. The number of nitrogens with one attached hydrogen (secondary N) is 2. The van der Waals surface area contributed by atoms with Crippen molar-refractivity contribution in [2.75, 3.05) is 19.5 Å². The van der Waals surface area contributed by atoms with Crippen molar-refractivity contribution >= 4 is 38.1 Å². The average Bonchev–Trinajstić information content (AvgIpc) is 3.58. The molecule has 3 N–H and O–H groups in total. The number of rotatable bonds is 6. The normalized spacial score (nSPS) is 26.8. The molecule has 6 rings (SSSR count). The fourth-order valence-corrected chi connectivity index (χ4v) is 6.77. The van der Waals surface area contributed by atoms with Crippen LogP contribution in [-0.2, 0) is 19.5 Å². The van der Waals surface area contributed by atoms with Crippen LogP contribution in [0.15, 0.2) is 42.5 Å². The summed E-state index contributed by atoms with van der Waals surface area (Å²) in [5, 5.41) is 21.2. The Morgan fingerprint density at radius 3 is 2.59 bits per heavy atom. The topological polar surface area (TPSA) is 134 Å². The Morgan fingerprint density at radius 1 is 1.15 bits per heavy atom. The molecule has 2 aliphatic heterocycles. The first-order valence-corrected chi connectivity index (χ1v) is 15.1. The van der Waals surface area contributed by atoms with Gasteiger partial charge < -0.3 is 24.3 Å². The number of benzene rings is 2. The number of ether oxygens (including phenoxy) is 3. The summed E-state index contributed by atoms with van der Waals surface area (Å²) in [6.07, 6.45) is 3.52. The molecule has 9 nitrogen and oxygen atoms in total. The Morgan fingerprint density at radius 2 is 1.90 bits per heavy atom. The van der Waals surface area contributed by atoms with Crippen LogP contribution in [0.3, 0.4) is 0 Å². The summed E-state index contributed by atoms with van der Waals surface area (Å²) < 4.78 is 43.1. The Bertz CT molecular complexity index is 1590. The summed E-state index contributed by atoms with van der Waals surface area (Å²) in [6, 6.07) is 13.9. The summed E-state index contributed by atoms with van der Waals surface area (Å²) in [6.45, 7) is 0.458. The molecule has 5 atom stereocenters. The van der Waals surface area contributed by atoms with Crippen molar-refractivity contribution in [2.24, 2.45) is 0 Å². The van der Waals surface area contributed by atoms with E-state index in [0.29, 0.717) is 33.8 Å². The largest absolute Gasteiger partial charge is 0.469 e. The number of aliphatic hydroxyl groups is 1. The van der Waals surface area contributed by atoms with Crippen LogP contribution in [0, 0.1) is 11.3 Å². The molecule has 1 aromatic heterocycles. The lowest BCUT2D eigenvalue weighted by Crippen LogP contribution is -2.34. The van der Waals surface area contributed by atoms with Gasteiger partial charge in [0.05, 0.1) is 30.0 Å². The molecule has 0 saturated carbocycles. The number of aliphatic hydroxyl groups excluding tert-OH is 1. The molecule has 3 aliphatic rings. The number of hydrogen-bond acceptors (Lipinski definition) is 7. The predicted octanol–water partition coefficient (Wildman–Crippen LogP) is 3.75. The van der Waals surface area contributed by atoms with Gasteiger partial charge in [-0.3, -0.25) is 0 Å². The lowest BCUT2D eigenvalue weighted by molar-refractivity contribution is 0.00789. The molecular weight excluding hydrogens is 542 g/mol. The molecule has 39 heavy (non-hydrogen) atoms. The Hall–Kier alpha value is -2.91. The quantitative estimate of drug-likeness (QED) is 0.411. The second kappa shape index (κ2) is 10.2. The van der Waals surface area contributed by atoms with Crippen LogP contribution < -0.4 is 9.46 Å². The second-order valence-electron chi connectivity index (χ2n) is 10.3. The minimum Gasteiger partial charge on any atom is -0.469 e. The molecule has 3 aromatic rings. The van der Waals surface area contributed by atoms with Crippen molar-refractivity contribution in [3.05, 3.63) is 58.6 Å². The van der Waals surface area contributed by atoms with Gasteiger partial charge in [-0.1, -0.05) is 41.9 Å². The Balaban J connectivity index is 1.23. The number of aromatic nitrogens is 1. The summed E-state index contributed by atoms with van der Waals surface area (Å²) in [5.41, 5.74) is 5.02. The van der Waals surface area contributed by atoms with Crippen LogP contribution in [-0.4, -0.2) is 68.4 Å². The zero-order valence-electron chi connectivity index (χ0n) is 21.2. The van der Waals surface area contributed by atoms with E-state index in [4.69, 9.17) is 25.8 Å². The van der Waals surface area contributed by atoms with Crippen molar-refractivity contribution < 1.29 is 27.7 Å². The van der Waals surface area contributed by atoms with Crippen molar-refractivity contribution in [3.63, 3.8) is 0 Å². The zero-order chi connectivity index (χ0) is 27.3. The maximum absolute atomic E-state index is 11.5.